The Morgan fingerprint density at radius 1 is 1.10 bits per heavy atom. The van der Waals surface area contributed by atoms with Crippen molar-refractivity contribution in [2.24, 2.45) is 0 Å². The predicted molar refractivity (Wildman–Crippen MR) is 79.5 cm³/mol. The van der Waals surface area contributed by atoms with E-state index in [1.807, 2.05) is 24.3 Å². The molecule has 2 N–H and O–H groups in total. The fraction of sp³-hybridized carbons (Fsp3) is 0.533. The molecule has 0 bridgehead atoms. The lowest BCUT2D eigenvalue weighted by Gasteiger charge is -2.22. The highest BCUT2D eigenvalue weighted by Gasteiger charge is 2.12. The van der Waals surface area contributed by atoms with Crippen molar-refractivity contribution in [1.29, 1.82) is 0 Å². The normalized spacial score (nSPS) is 10.5. The van der Waals surface area contributed by atoms with E-state index >= 15 is 0 Å². The van der Waals surface area contributed by atoms with Gasteiger partial charge in [-0.15, -0.1) is 0 Å². The Morgan fingerprint density at radius 3 is 2.15 bits per heavy atom. The molecule has 0 spiro atoms. The van der Waals surface area contributed by atoms with Gasteiger partial charge < -0.3 is 20.1 Å². The fourth-order valence-corrected chi connectivity index (χ4v) is 1.86. The van der Waals surface area contributed by atoms with Crippen molar-refractivity contribution in [2.45, 2.75) is 12.8 Å². The Kier molecular flexibility index (Phi) is 7.69. The van der Waals surface area contributed by atoms with E-state index in [4.69, 9.17) is 15.2 Å². The topological polar surface area (TPSA) is 64.8 Å². The molecule has 0 fully saturated rings. The molecule has 5 nitrogen and oxygen atoms in total. The molecule has 0 aliphatic carbocycles. The van der Waals surface area contributed by atoms with Gasteiger partial charge in [0.2, 0.25) is 5.91 Å². The van der Waals surface area contributed by atoms with Gasteiger partial charge in [0, 0.05) is 39.4 Å². The quantitative estimate of drug-likeness (QED) is 0.693. The molecule has 0 aliphatic rings. The van der Waals surface area contributed by atoms with Crippen LogP contribution in [0.2, 0.25) is 0 Å². The summed E-state index contributed by atoms with van der Waals surface area (Å²) < 4.78 is 10.1. The second kappa shape index (κ2) is 9.34. The molecule has 1 aromatic rings. The summed E-state index contributed by atoms with van der Waals surface area (Å²) in [4.78, 5) is 14.0. The minimum Gasteiger partial charge on any atom is -0.399 e. The molecule has 20 heavy (non-hydrogen) atoms. The summed E-state index contributed by atoms with van der Waals surface area (Å²) in [5.74, 6) is 0.121. The number of methoxy groups -OCH3 is 2. The summed E-state index contributed by atoms with van der Waals surface area (Å²) in [7, 11) is 3.26. The van der Waals surface area contributed by atoms with Gasteiger partial charge in [-0.25, -0.2) is 0 Å². The van der Waals surface area contributed by atoms with Gasteiger partial charge in [-0.05, 0) is 24.1 Å². The third kappa shape index (κ3) is 6.04. The van der Waals surface area contributed by atoms with Crippen LogP contribution in [0.3, 0.4) is 0 Å². The minimum absolute atomic E-state index is 0.121. The zero-order valence-corrected chi connectivity index (χ0v) is 12.3. The SMILES string of the molecule is COCCN(CCOC)C(=O)CCc1ccc(N)cc1. The second-order valence-electron chi connectivity index (χ2n) is 4.61. The number of benzene rings is 1. The van der Waals surface area contributed by atoms with Crippen molar-refractivity contribution in [3.63, 3.8) is 0 Å². The van der Waals surface area contributed by atoms with Crippen LogP contribution in [-0.2, 0) is 20.7 Å². The average molecular weight is 280 g/mol. The second-order valence-corrected chi connectivity index (χ2v) is 4.61. The van der Waals surface area contributed by atoms with Gasteiger partial charge in [0.15, 0.2) is 0 Å². The van der Waals surface area contributed by atoms with Crippen LogP contribution in [0.1, 0.15) is 12.0 Å². The molecular formula is C15H24N2O3. The molecule has 0 atom stereocenters. The Morgan fingerprint density at radius 2 is 1.65 bits per heavy atom. The van der Waals surface area contributed by atoms with Crippen LogP contribution in [0.4, 0.5) is 5.69 Å². The number of nitrogens with two attached hydrogens (primary N) is 1. The van der Waals surface area contributed by atoms with Crippen molar-refractivity contribution in [2.75, 3.05) is 46.3 Å². The van der Waals surface area contributed by atoms with Crippen molar-refractivity contribution in [1.82, 2.24) is 4.90 Å². The molecule has 0 heterocycles. The highest BCUT2D eigenvalue weighted by Crippen LogP contribution is 2.08. The smallest absolute Gasteiger partial charge is 0.223 e. The van der Waals surface area contributed by atoms with Crippen LogP contribution < -0.4 is 5.73 Å². The van der Waals surface area contributed by atoms with E-state index < -0.39 is 0 Å². The lowest BCUT2D eigenvalue weighted by molar-refractivity contribution is -0.132. The molecular weight excluding hydrogens is 256 g/mol. The number of ether oxygens (including phenoxy) is 2. The summed E-state index contributed by atoms with van der Waals surface area (Å²) in [6.45, 7) is 2.27. The monoisotopic (exact) mass is 280 g/mol. The highest BCUT2D eigenvalue weighted by atomic mass is 16.5. The molecule has 0 aliphatic heterocycles. The molecule has 1 amide bonds. The molecule has 1 rings (SSSR count). The van der Waals surface area contributed by atoms with Crippen LogP contribution in [0.15, 0.2) is 24.3 Å². The summed E-state index contributed by atoms with van der Waals surface area (Å²) in [6.07, 6.45) is 1.20. The number of amides is 1. The Labute approximate surface area is 120 Å². The molecule has 1 aromatic carbocycles. The van der Waals surface area contributed by atoms with Gasteiger partial charge in [0.25, 0.3) is 0 Å². The number of nitrogen functional groups attached to an aromatic ring is 1. The highest BCUT2D eigenvalue weighted by molar-refractivity contribution is 5.76. The van der Waals surface area contributed by atoms with Gasteiger partial charge in [0.05, 0.1) is 13.2 Å². The van der Waals surface area contributed by atoms with Crippen molar-refractivity contribution in [3.05, 3.63) is 29.8 Å². The molecule has 0 saturated carbocycles. The lowest BCUT2D eigenvalue weighted by Crippen LogP contribution is -2.36. The zero-order chi connectivity index (χ0) is 14.8. The Balaban J connectivity index is 2.45. The van der Waals surface area contributed by atoms with E-state index in [0.29, 0.717) is 32.7 Å². The van der Waals surface area contributed by atoms with Crippen molar-refractivity contribution in [3.8, 4) is 0 Å². The third-order valence-electron chi connectivity index (χ3n) is 3.09. The number of aryl methyl sites for hydroxylation is 1. The summed E-state index contributed by atoms with van der Waals surface area (Å²) >= 11 is 0. The first kappa shape index (κ1) is 16.5. The van der Waals surface area contributed by atoms with Crippen LogP contribution in [0, 0.1) is 0 Å². The van der Waals surface area contributed by atoms with Crippen molar-refractivity contribution < 1.29 is 14.3 Å². The average Bonchev–Trinajstić information content (AvgIpc) is 2.46. The maximum atomic E-state index is 12.2. The number of hydrogen-bond donors (Lipinski definition) is 1. The van der Waals surface area contributed by atoms with E-state index in [1.165, 1.54) is 0 Å². The Bertz CT molecular complexity index is 385. The van der Waals surface area contributed by atoms with Crippen LogP contribution in [-0.4, -0.2) is 51.3 Å². The maximum absolute atomic E-state index is 12.2. The summed E-state index contributed by atoms with van der Waals surface area (Å²) in [6, 6.07) is 7.62. The molecule has 5 heteroatoms. The first-order chi connectivity index (χ1) is 9.67. The molecule has 0 saturated heterocycles. The van der Waals surface area contributed by atoms with Gasteiger partial charge in [0.1, 0.15) is 0 Å². The largest absolute Gasteiger partial charge is 0.399 e. The number of nitrogens with zero attached hydrogens (tertiary/aromatic N) is 1. The zero-order valence-electron chi connectivity index (χ0n) is 12.3. The third-order valence-corrected chi connectivity index (χ3v) is 3.09. The summed E-state index contributed by atoms with van der Waals surface area (Å²) in [5, 5.41) is 0. The van der Waals surface area contributed by atoms with Gasteiger partial charge in [-0.2, -0.15) is 0 Å². The van der Waals surface area contributed by atoms with E-state index in [0.717, 1.165) is 17.7 Å². The number of rotatable bonds is 9. The van der Waals surface area contributed by atoms with Crippen LogP contribution >= 0.6 is 0 Å². The standard InChI is InChI=1S/C15H24N2O3/c1-19-11-9-17(10-12-20-2)15(18)8-5-13-3-6-14(16)7-4-13/h3-4,6-7H,5,8-12,16H2,1-2H3. The first-order valence-corrected chi connectivity index (χ1v) is 6.77. The predicted octanol–water partition coefficient (Wildman–Crippen LogP) is 1.32. The number of anilines is 1. The molecule has 0 aromatic heterocycles. The summed E-state index contributed by atoms with van der Waals surface area (Å²) in [5.41, 5.74) is 7.49. The van der Waals surface area contributed by atoms with Crippen LogP contribution in [0.25, 0.3) is 0 Å². The number of carbonyl (C=O) groups is 1. The minimum atomic E-state index is 0.121. The van der Waals surface area contributed by atoms with E-state index in [1.54, 1.807) is 19.1 Å². The van der Waals surface area contributed by atoms with E-state index in [-0.39, 0.29) is 5.91 Å². The molecule has 0 radical (unpaired) electrons. The van der Waals surface area contributed by atoms with E-state index in [9.17, 15) is 4.79 Å². The molecule has 112 valence electrons. The number of hydrogen-bond acceptors (Lipinski definition) is 4. The van der Waals surface area contributed by atoms with Gasteiger partial charge in [-0.3, -0.25) is 4.79 Å². The Hall–Kier alpha value is -1.59. The maximum Gasteiger partial charge on any atom is 0.223 e. The first-order valence-electron chi connectivity index (χ1n) is 6.77. The fourth-order valence-electron chi connectivity index (χ4n) is 1.86. The van der Waals surface area contributed by atoms with Gasteiger partial charge in [-0.1, -0.05) is 12.1 Å². The van der Waals surface area contributed by atoms with Crippen molar-refractivity contribution >= 4 is 11.6 Å². The van der Waals surface area contributed by atoms with Crippen LogP contribution in [0.5, 0.6) is 0 Å². The lowest BCUT2D eigenvalue weighted by atomic mass is 10.1. The van der Waals surface area contributed by atoms with Gasteiger partial charge >= 0.3 is 0 Å². The number of carbonyl (C=O) groups excluding carboxylic acids is 1. The molecule has 0 unspecified atom stereocenters. The van der Waals surface area contributed by atoms with E-state index in [2.05, 4.69) is 0 Å².